The Balaban J connectivity index is 0.000000204. The lowest BCUT2D eigenvalue weighted by atomic mass is 9.90. The molecule has 388 valence electrons. The smallest absolute Gasteiger partial charge is 0.433 e. The zero-order valence-electron chi connectivity index (χ0n) is 42.0. The molecule has 0 spiro atoms. The van der Waals surface area contributed by atoms with Crippen molar-refractivity contribution in [3.05, 3.63) is 161 Å². The standard InChI is InChI=1S/C31H31F3N4O4.C26H30N2O4/c1-20-26(36-28(42-20)22-8-4-3-5-9-22)14-16-41-24-10-6-7-21(17-24)11-12-23-18-38(19-25(23)29(39)40-2)30-35-15-13-27(37-30)31(32,33)34;1-18-24(28-25(32-18)20-8-4-3-5-9-20)13-14-31-22-10-6-7-19(15-22)11-12-21-16-27-17-23(21)26(29)30-2/h3-10,13,15,17,23,25H,11-12,14,16,18-19H2,1-2H3;3-10,15,21,23,27H,11-14,16-17H2,1-2H3/t23-,25+;21-,23+/m10/s1. The van der Waals surface area contributed by atoms with Gasteiger partial charge in [0, 0.05) is 49.8 Å². The summed E-state index contributed by atoms with van der Waals surface area (Å²) in [6, 6.07) is 36.4. The van der Waals surface area contributed by atoms with Crippen LogP contribution in [-0.2, 0) is 50.9 Å². The maximum absolute atomic E-state index is 13.2. The Kier molecular flexibility index (Phi) is 17.8. The molecule has 9 rings (SSSR count). The van der Waals surface area contributed by atoms with E-state index in [-0.39, 0.29) is 30.3 Å². The number of benzene rings is 4. The van der Waals surface area contributed by atoms with E-state index in [1.807, 2.05) is 111 Å². The maximum Gasteiger partial charge on any atom is 0.433 e. The van der Waals surface area contributed by atoms with Crippen LogP contribution in [0.4, 0.5) is 19.1 Å². The summed E-state index contributed by atoms with van der Waals surface area (Å²) >= 11 is 0. The van der Waals surface area contributed by atoms with Gasteiger partial charge in [0.05, 0.1) is 50.7 Å². The quantitative estimate of drug-likeness (QED) is 0.0761. The molecule has 17 heteroatoms. The van der Waals surface area contributed by atoms with Gasteiger partial charge in [0.15, 0.2) is 0 Å². The van der Waals surface area contributed by atoms with E-state index >= 15 is 0 Å². The molecule has 3 aromatic heterocycles. The number of aromatic nitrogens is 4. The van der Waals surface area contributed by atoms with Crippen molar-refractivity contribution in [3.8, 4) is 34.4 Å². The van der Waals surface area contributed by atoms with Crippen LogP contribution < -0.4 is 19.7 Å². The summed E-state index contributed by atoms with van der Waals surface area (Å²) in [7, 11) is 2.77. The molecule has 2 aliphatic heterocycles. The van der Waals surface area contributed by atoms with Crippen molar-refractivity contribution in [2.45, 2.75) is 58.5 Å². The van der Waals surface area contributed by atoms with Crippen molar-refractivity contribution in [1.82, 2.24) is 25.3 Å². The van der Waals surface area contributed by atoms with Crippen molar-refractivity contribution in [2.24, 2.45) is 23.7 Å². The van der Waals surface area contributed by atoms with E-state index in [9.17, 15) is 22.8 Å². The van der Waals surface area contributed by atoms with Gasteiger partial charge in [-0.2, -0.15) is 13.2 Å². The predicted molar refractivity (Wildman–Crippen MR) is 271 cm³/mol. The van der Waals surface area contributed by atoms with Crippen LogP contribution in [0.15, 0.2) is 130 Å². The van der Waals surface area contributed by atoms with Crippen LogP contribution in [0.2, 0.25) is 0 Å². The number of ether oxygens (including phenoxy) is 4. The Morgan fingerprint density at radius 1 is 0.635 bits per heavy atom. The Morgan fingerprint density at radius 3 is 1.69 bits per heavy atom. The molecule has 0 bridgehead atoms. The second-order valence-corrected chi connectivity index (χ2v) is 18.4. The van der Waals surface area contributed by atoms with E-state index in [1.165, 1.54) is 19.8 Å². The minimum absolute atomic E-state index is 0.0464. The number of alkyl halides is 3. The number of nitrogens with one attached hydrogen (secondary N) is 1. The van der Waals surface area contributed by atoms with Crippen molar-refractivity contribution >= 4 is 17.9 Å². The molecule has 0 aliphatic carbocycles. The molecule has 5 heterocycles. The summed E-state index contributed by atoms with van der Waals surface area (Å²) in [5.74, 6) is 3.43. The molecule has 0 unspecified atom stereocenters. The first kappa shape index (κ1) is 52.8. The molecule has 4 atom stereocenters. The van der Waals surface area contributed by atoms with Crippen LogP contribution in [0.3, 0.4) is 0 Å². The van der Waals surface area contributed by atoms with E-state index in [2.05, 4.69) is 37.4 Å². The zero-order valence-corrected chi connectivity index (χ0v) is 42.0. The normalized spacial score (nSPS) is 17.4. The number of oxazole rings is 2. The van der Waals surface area contributed by atoms with E-state index in [0.717, 1.165) is 77.0 Å². The fourth-order valence-electron chi connectivity index (χ4n) is 9.41. The van der Waals surface area contributed by atoms with E-state index in [1.54, 1.807) is 4.90 Å². The summed E-state index contributed by atoms with van der Waals surface area (Å²) < 4.78 is 73.1. The van der Waals surface area contributed by atoms with Gasteiger partial charge in [-0.05, 0) is 124 Å². The third-order valence-corrected chi connectivity index (χ3v) is 13.5. The summed E-state index contributed by atoms with van der Waals surface area (Å²) in [6.07, 6.45) is 0.891. The van der Waals surface area contributed by atoms with Crippen molar-refractivity contribution in [2.75, 3.05) is 58.5 Å². The molecular formula is C57H61F3N6O8. The number of esters is 2. The minimum Gasteiger partial charge on any atom is -0.493 e. The number of nitrogens with zero attached hydrogens (tertiary/aromatic N) is 5. The van der Waals surface area contributed by atoms with Gasteiger partial charge in [0.1, 0.15) is 28.7 Å². The summed E-state index contributed by atoms with van der Waals surface area (Å²) in [6.45, 7) is 6.88. The highest BCUT2D eigenvalue weighted by molar-refractivity contribution is 5.74. The monoisotopic (exact) mass is 1010 g/mol. The molecule has 4 aromatic carbocycles. The first-order valence-electron chi connectivity index (χ1n) is 24.8. The Bertz CT molecular complexity index is 2930. The molecule has 2 saturated heterocycles. The zero-order chi connectivity index (χ0) is 52.0. The number of carbonyl (C=O) groups is 2. The fraction of sp³-hybridized carbons (Fsp3) is 0.368. The fourth-order valence-corrected chi connectivity index (χ4v) is 9.41. The minimum atomic E-state index is -4.58. The highest BCUT2D eigenvalue weighted by atomic mass is 19.4. The Labute approximate surface area is 428 Å². The second-order valence-electron chi connectivity index (χ2n) is 18.4. The molecule has 1 N–H and O–H groups in total. The average Bonchev–Trinajstić information content (AvgIpc) is 4.24. The Hall–Kier alpha value is -7.53. The van der Waals surface area contributed by atoms with Gasteiger partial charge in [0.2, 0.25) is 17.7 Å². The van der Waals surface area contributed by atoms with Gasteiger partial charge in [-0.25, -0.2) is 19.9 Å². The number of methoxy groups -OCH3 is 2. The van der Waals surface area contributed by atoms with Crippen LogP contribution in [0.5, 0.6) is 11.5 Å². The molecule has 0 radical (unpaired) electrons. The van der Waals surface area contributed by atoms with Crippen LogP contribution in [0.25, 0.3) is 22.9 Å². The number of rotatable bonds is 19. The van der Waals surface area contributed by atoms with Gasteiger partial charge in [-0.3, -0.25) is 9.59 Å². The number of anilines is 1. The number of hydrogen-bond acceptors (Lipinski definition) is 14. The van der Waals surface area contributed by atoms with Gasteiger partial charge >= 0.3 is 18.1 Å². The molecule has 14 nitrogen and oxygen atoms in total. The number of aryl methyl sites for hydroxylation is 4. The molecule has 74 heavy (non-hydrogen) atoms. The third-order valence-electron chi connectivity index (χ3n) is 13.5. The number of carbonyl (C=O) groups excluding carboxylic acids is 2. The lowest BCUT2D eigenvalue weighted by Crippen LogP contribution is -2.26. The molecule has 0 amide bonds. The van der Waals surface area contributed by atoms with Crippen LogP contribution in [0.1, 0.15) is 52.6 Å². The van der Waals surface area contributed by atoms with Gasteiger partial charge in [-0.15, -0.1) is 0 Å². The summed E-state index contributed by atoms with van der Waals surface area (Å²) in [5, 5.41) is 3.31. The highest BCUT2D eigenvalue weighted by Gasteiger charge is 2.40. The van der Waals surface area contributed by atoms with Crippen LogP contribution >= 0.6 is 0 Å². The summed E-state index contributed by atoms with van der Waals surface area (Å²) in [5.41, 5.74) is 4.87. The third kappa shape index (κ3) is 13.9. The molecular weight excluding hydrogens is 954 g/mol. The number of halogens is 3. The summed E-state index contributed by atoms with van der Waals surface area (Å²) in [4.78, 5) is 43.1. The average molecular weight is 1020 g/mol. The van der Waals surface area contributed by atoms with E-state index in [4.69, 9.17) is 27.8 Å². The molecule has 2 fully saturated rings. The van der Waals surface area contributed by atoms with E-state index < -0.39 is 23.8 Å². The van der Waals surface area contributed by atoms with Gasteiger partial charge < -0.3 is 38.0 Å². The van der Waals surface area contributed by atoms with Crippen LogP contribution in [-0.4, -0.2) is 85.5 Å². The van der Waals surface area contributed by atoms with Crippen molar-refractivity contribution in [3.63, 3.8) is 0 Å². The first-order chi connectivity index (χ1) is 35.8. The van der Waals surface area contributed by atoms with Gasteiger partial charge in [-0.1, -0.05) is 60.7 Å². The molecule has 2 aliphatic rings. The largest absolute Gasteiger partial charge is 0.493 e. The van der Waals surface area contributed by atoms with Crippen molar-refractivity contribution < 1.29 is 50.5 Å². The topological polar surface area (TPSA) is 164 Å². The van der Waals surface area contributed by atoms with E-state index in [0.29, 0.717) is 75.4 Å². The highest BCUT2D eigenvalue weighted by Crippen LogP contribution is 2.34. The SMILES string of the molecule is COC(=O)[C@@H]1CNC[C@@H]1CCc1cccc(OCCc2nc(-c3ccccc3)oc2C)c1.COC(=O)[C@H]1CN(c2nccc(C(F)(F)F)n2)C[C@H]1CCc1cccc(OCCc2nc(-c3ccccc3)oc2C)c1. The Morgan fingerprint density at radius 2 is 1.16 bits per heavy atom. The van der Waals surface area contributed by atoms with Gasteiger partial charge in [0.25, 0.3) is 0 Å². The molecule has 0 saturated carbocycles. The predicted octanol–water partition coefficient (Wildman–Crippen LogP) is 10.2. The number of hydrogen-bond donors (Lipinski definition) is 1. The lowest BCUT2D eigenvalue weighted by Gasteiger charge is -2.17. The van der Waals surface area contributed by atoms with Crippen molar-refractivity contribution in [1.29, 1.82) is 0 Å². The first-order valence-corrected chi connectivity index (χ1v) is 24.8. The molecule has 7 aromatic rings. The second kappa shape index (κ2) is 24.9. The van der Waals surface area contributed by atoms with Crippen LogP contribution in [0, 0.1) is 37.5 Å². The lowest BCUT2D eigenvalue weighted by molar-refractivity contribution is -0.147. The maximum atomic E-state index is 13.2.